The van der Waals surface area contributed by atoms with E-state index in [0.717, 1.165) is 45.6 Å². The number of aryl methyl sites for hydroxylation is 1. The molecule has 1 fully saturated rings. The van der Waals surface area contributed by atoms with Gasteiger partial charge in [0.15, 0.2) is 0 Å². The SMILES string of the molecule is CCCNC(c1cccc(C)c1)C1(OCC)CCOCC1. The second-order valence-electron chi connectivity index (χ2n) is 5.91. The standard InChI is InChI=1S/C18H29NO2/c1-4-11-19-17(16-8-6-7-15(3)14-16)18(21-5-2)9-12-20-13-10-18/h6-8,14,17,19H,4-5,9-13H2,1-3H3. The average Bonchev–Trinajstić information content (AvgIpc) is 2.49. The number of nitrogens with one attached hydrogen (secondary N) is 1. The van der Waals surface area contributed by atoms with Crippen LogP contribution >= 0.6 is 0 Å². The molecule has 0 bridgehead atoms. The minimum Gasteiger partial charge on any atom is -0.381 e. The van der Waals surface area contributed by atoms with Crippen molar-refractivity contribution in [1.82, 2.24) is 5.32 Å². The molecule has 0 amide bonds. The zero-order valence-corrected chi connectivity index (χ0v) is 13.7. The first-order valence-electron chi connectivity index (χ1n) is 8.23. The van der Waals surface area contributed by atoms with Crippen LogP contribution in [0, 0.1) is 6.92 Å². The summed E-state index contributed by atoms with van der Waals surface area (Å²) in [5.74, 6) is 0. The van der Waals surface area contributed by atoms with Crippen LogP contribution in [0.5, 0.6) is 0 Å². The van der Waals surface area contributed by atoms with E-state index in [4.69, 9.17) is 9.47 Å². The van der Waals surface area contributed by atoms with Gasteiger partial charge >= 0.3 is 0 Å². The van der Waals surface area contributed by atoms with Gasteiger partial charge in [-0.15, -0.1) is 0 Å². The first-order valence-corrected chi connectivity index (χ1v) is 8.23. The fourth-order valence-corrected chi connectivity index (χ4v) is 3.27. The third kappa shape index (κ3) is 4.06. The second-order valence-corrected chi connectivity index (χ2v) is 5.91. The summed E-state index contributed by atoms with van der Waals surface area (Å²) in [6.45, 7) is 9.77. The van der Waals surface area contributed by atoms with E-state index in [1.807, 2.05) is 0 Å². The summed E-state index contributed by atoms with van der Waals surface area (Å²) in [7, 11) is 0. The zero-order chi connectivity index (χ0) is 15.1. The van der Waals surface area contributed by atoms with E-state index >= 15 is 0 Å². The Kier molecular flexibility index (Phi) is 6.22. The van der Waals surface area contributed by atoms with Crippen LogP contribution in [0.4, 0.5) is 0 Å². The highest BCUT2D eigenvalue weighted by Gasteiger charge is 2.41. The summed E-state index contributed by atoms with van der Waals surface area (Å²) in [5.41, 5.74) is 2.49. The van der Waals surface area contributed by atoms with E-state index in [0.29, 0.717) is 0 Å². The molecule has 0 saturated carbocycles. The molecule has 0 aromatic heterocycles. The maximum Gasteiger partial charge on any atom is 0.0919 e. The Labute approximate surface area is 129 Å². The van der Waals surface area contributed by atoms with Crippen LogP contribution in [0.25, 0.3) is 0 Å². The van der Waals surface area contributed by atoms with E-state index in [2.05, 4.69) is 50.4 Å². The minimum atomic E-state index is -0.143. The van der Waals surface area contributed by atoms with Crippen molar-refractivity contribution in [3.8, 4) is 0 Å². The quantitative estimate of drug-likeness (QED) is 0.832. The molecule has 1 aromatic rings. The summed E-state index contributed by atoms with van der Waals surface area (Å²) < 4.78 is 11.9. The van der Waals surface area contributed by atoms with Gasteiger partial charge in [0.25, 0.3) is 0 Å². The molecule has 0 spiro atoms. The van der Waals surface area contributed by atoms with Gasteiger partial charge in [-0.3, -0.25) is 0 Å². The Balaban J connectivity index is 2.31. The van der Waals surface area contributed by atoms with Gasteiger partial charge in [0, 0.05) is 32.7 Å². The predicted molar refractivity (Wildman–Crippen MR) is 86.6 cm³/mol. The Morgan fingerprint density at radius 2 is 2.05 bits per heavy atom. The summed E-state index contributed by atoms with van der Waals surface area (Å²) >= 11 is 0. The monoisotopic (exact) mass is 291 g/mol. The van der Waals surface area contributed by atoms with Crippen molar-refractivity contribution >= 4 is 0 Å². The molecule has 1 aliphatic rings. The fraction of sp³-hybridized carbons (Fsp3) is 0.667. The van der Waals surface area contributed by atoms with Crippen molar-refractivity contribution in [2.45, 2.75) is 51.7 Å². The third-order valence-corrected chi connectivity index (χ3v) is 4.27. The van der Waals surface area contributed by atoms with Crippen LogP contribution in [0.2, 0.25) is 0 Å². The smallest absolute Gasteiger partial charge is 0.0919 e. The van der Waals surface area contributed by atoms with E-state index in [-0.39, 0.29) is 11.6 Å². The van der Waals surface area contributed by atoms with Crippen molar-refractivity contribution in [3.05, 3.63) is 35.4 Å². The van der Waals surface area contributed by atoms with Crippen LogP contribution in [-0.2, 0) is 9.47 Å². The highest BCUT2D eigenvalue weighted by Crippen LogP contribution is 2.38. The van der Waals surface area contributed by atoms with Crippen LogP contribution in [0.1, 0.15) is 50.3 Å². The lowest BCUT2D eigenvalue weighted by atomic mass is 9.81. The fourth-order valence-electron chi connectivity index (χ4n) is 3.27. The second kappa shape index (κ2) is 7.92. The summed E-state index contributed by atoms with van der Waals surface area (Å²) in [6.07, 6.45) is 3.04. The summed E-state index contributed by atoms with van der Waals surface area (Å²) in [6, 6.07) is 9.03. The minimum absolute atomic E-state index is 0.143. The van der Waals surface area contributed by atoms with Crippen LogP contribution in [0.15, 0.2) is 24.3 Å². The van der Waals surface area contributed by atoms with Crippen molar-refractivity contribution < 1.29 is 9.47 Å². The number of rotatable bonds is 7. The third-order valence-electron chi connectivity index (χ3n) is 4.27. The molecule has 0 radical (unpaired) electrons. The maximum absolute atomic E-state index is 6.28. The first-order chi connectivity index (χ1) is 10.2. The van der Waals surface area contributed by atoms with Gasteiger partial charge in [-0.05, 0) is 32.4 Å². The van der Waals surface area contributed by atoms with E-state index in [1.54, 1.807) is 0 Å². The lowest BCUT2D eigenvalue weighted by Crippen LogP contribution is -2.50. The molecule has 118 valence electrons. The molecule has 1 unspecified atom stereocenters. The number of hydrogen-bond donors (Lipinski definition) is 1. The van der Waals surface area contributed by atoms with Gasteiger partial charge in [0.05, 0.1) is 11.6 Å². The highest BCUT2D eigenvalue weighted by atomic mass is 16.5. The number of hydrogen-bond acceptors (Lipinski definition) is 3. The van der Waals surface area contributed by atoms with Crippen molar-refractivity contribution in [3.63, 3.8) is 0 Å². The molecule has 1 heterocycles. The van der Waals surface area contributed by atoms with Crippen LogP contribution in [-0.4, -0.2) is 32.0 Å². The van der Waals surface area contributed by atoms with Gasteiger partial charge in [-0.1, -0.05) is 36.8 Å². The molecule has 0 aliphatic carbocycles. The molecule has 1 aromatic carbocycles. The lowest BCUT2D eigenvalue weighted by molar-refractivity contribution is -0.128. The van der Waals surface area contributed by atoms with Crippen molar-refractivity contribution in [2.24, 2.45) is 0 Å². The largest absolute Gasteiger partial charge is 0.381 e. The molecular weight excluding hydrogens is 262 g/mol. The van der Waals surface area contributed by atoms with Crippen LogP contribution in [0.3, 0.4) is 0 Å². The zero-order valence-electron chi connectivity index (χ0n) is 13.7. The van der Waals surface area contributed by atoms with Gasteiger partial charge in [0.1, 0.15) is 0 Å². The van der Waals surface area contributed by atoms with Gasteiger partial charge in [-0.25, -0.2) is 0 Å². The van der Waals surface area contributed by atoms with Gasteiger partial charge in [0.2, 0.25) is 0 Å². The Morgan fingerprint density at radius 3 is 2.67 bits per heavy atom. The summed E-state index contributed by atoms with van der Waals surface area (Å²) in [5, 5.41) is 3.73. The Morgan fingerprint density at radius 1 is 1.29 bits per heavy atom. The van der Waals surface area contributed by atoms with Crippen molar-refractivity contribution in [1.29, 1.82) is 0 Å². The number of benzene rings is 1. The van der Waals surface area contributed by atoms with Crippen LogP contribution < -0.4 is 5.32 Å². The average molecular weight is 291 g/mol. The molecule has 1 N–H and O–H groups in total. The molecular formula is C18H29NO2. The van der Waals surface area contributed by atoms with Gasteiger partial charge < -0.3 is 14.8 Å². The lowest BCUT2D eigenvalue weighted by Gasteiger charge is -2.44. The first kappa shape index (κ1) is 16.5. The molecule has 1 atom stereocenters. The number of ether oxygens (including phenoxy) is 2. The molecule has 2 rings (SSSR count). The maximum atomic E-state index is 6.28. The topological polar surface area (TPSA) is 30.5 Å². The summed E-state index contributed by atoms with van der Waals surface area (Å²) in [4.78, 5) is 0. The van der Waals surface area contributed by atoms with E-state index in [1.165, 1.54) is 11.1 Å². The molecule has 21 heavy (non-hydrogen) atoms. The predicted octanol–water partition coefficient (Wildman–Crippen LogP) is 3.62. The van der Waals surface area contributed by atoms with Crippen molar-refractivity contribution in [2.75, 3.05) is 26.4 Å². The molecule has 3 heteroatoms. The normalized spacial score (nSPS) is 19.4. The Hall–Kier alpha value is -0.900. The van der Waals surface area contributed by atoms with E-state index < -0.39 is 0 Å². The molecule has 1 aliphatic heterocycles. The Bertz CT molecular complexity index is 421. The van der Waals surface area contributed by atoms with Gasteiger partial charge in [-0.2, -0.15) is 0 Å². The molecule has 1 saturated heterocycles. The highest BCUT2D eigenvalue weighted by molar-refractivity contribution is 5.27. The molecule has 3 nitrogen and oxygen atoms in total. The van der Waals surface area contributed by atoms with E-state index in [9.17, 15) is 0 Å².